The highest BCUT2D eigenvalue weighted by Crippen LogP contribution is 2.18. The second kappa shape index (κ2) is 4.07. The molecule has 1 aliphatic rings. The Morgan fingerprint density at radius 3 is 3.00 bits per heavy atom. The van der Waals surface area contributed by atoms with Crippen LogP contribution in [-0.2, 0) is 6.42 Å². The molecule has 1 aromatic carbocycles. The van der Waals surface area contributed by atoms with E-state index in [0.29, 0.717) is 5.92 Å². The molecular formula is C11H15BN2O. The topological polar surface area (TPSA) is 44.6 Å². The lowest BCUT2D eigenvalue weighted by molar-refractivity contribution is 0.588. The van der Waals surface area contributed by atoms with E-state index < -0.39 is 7.05 Å². The molecule has 2 N–H and O–H groups in total. The van der Waals surface area contributed by atoms with Crippen LogP contribution in [0.25, 0.3) is 0 Å². The van der Waals surface area contributed by atoms with Crippen LogP contribution in [0.5, 0.6) is 0 Å². The van der Waals surface area contributed by atoms with E-state index in [9.17, 15) is 5.02 Å². The third-order valence-corrected chi connectivity index (χ3v) is 2.51. The van der Waals surface area contributed by atoms with Gasteiger partial charge in [-0.15, -0.1) is 0 Å². The standard InChI is InChI=1S/C11H15BN2O/c1-8(2)6-9-4-3-5-10-11(9)13-7-14-12(10)15/h3-5,7-8,15H,6H2,1-2H3,(H,13,14). The van der Waals surface area contributed by atoms with E-state index in [1.165, 1.54) is 5.56 Å². The summed E-state index contributed by atoms with van der Waals surface area (Å²) >= 11 is 0. The van der Waals surface area contributed by atoms with Crippen molar-refractivity contribution < 1.29 is 5.02 Å². The van der Waals surface area contributed by atoms with Crippen molar-refractivity contribution in [3.8, 4) is 0 Å². The Morgan fingerprint density at radius 1 is 1.47 bits per heavy atom. The maximum atomic E-state index is 9.68. The van der Waals surface area contributed by atoms with E-state index in [0.717, 1.165) is 17.6 Å². The van der Waals surface area contributed by atoms with E-state index >= 15 is 0 Å². The zero-order valence-corrected chi connectivity index (χ0v) is 9.07. The molecule has 15 heavy (non-hydrogen) atoms. The molecule has 78 valence electrons. The second-order valence-electron chi connectivity index (χ2n) is 4.28. The minimum Gasteiger partial charge on any atom is -0.427 e. The predicted molar refractivity (Wildman–Crippen MR) is 64.7 cm³/mol. The van der Waals surface area contributed by atoms with Crippen LogP contribution in [0, 0.1) is 5.92 Å². The molecule has 0 aromatic heterocycles. The summed E-state index contributed by atoms with van der Waals surface area (Å²) in [5.41, 5.74) is 3.14. The smallest absolute Gasteiger partial charge is 0.427 e. The van der Waals surface area contributed by atoms with E-state index in [1.54, 1.807) is 6.34 Å². The van der Waals surface area contributed by atoms with Crippen LogP contribution in [0.2, 0.25) is 0 Å². The molecule has 4 heteroatoms. The molecule has 0 radical (unpaired) electrons. The highest BCUT2D eigenvalue weighted by atomic mass is 16.2. The molecule has 3 nitrogen and oxygen atoms in total. The highest BCUT2D eigenvalue weighted by molar-refractivity contribution is 6.68. The number of nitrogens with zero attached hydrogens (tertiary/aromatic N) is 1. The molecule has 0 saturated heterocycles. The Bertz CT molecular complexity index is 390. The van der Waals surface area contributed by atoms with Crippen molar-refractivity contribution in [2.75, 3.05) is 5.32 Å². The zero-order valence-electron chi connectivity index (χ0n) is 9.07. The molecule has 0 spiro atoms. The lowest BCUT2D eigenvalue weighted by Gasteiger charge is -2.19. The minimum absolute atomic E-state index is 0.606. The molecule has 1 aliphatic heterocycles. The average Bonchev–Trinajstić information content (AvgIpc) is 2.19. The van der Waals surface area contributed by atoms with Crippen LogP contribution in [0.4, 0.5) is 5.69 Å². The van der Waals surface area contributed by atoms with Gasteiger partial charge < -0.3 is 10.3 Å². The lowest BCUT2D eigenvalue weighted by Crippen LogP contribution is -2.36. The number of rotatable bonds is 2. The molecule has 2 rings (SSSR count). The number of benzene rings is 1. The Kier molecular flexibility index (Phi) is 2.78. The number of nitrogens with one attached hydrogen (secondary N) is 1. The zero-order chi connectivity index (χ0) is 10.8. The summed E-state index contributed by atoms with van der Waals surface area (Å²) in [6, 6.07) is 5.98. The predicted octanol–water partition coefficient (Wildman–Crippen LogP) is 1.03. The van der Waals surface area contributed by atoms with Gasteiger partial charge >= 0.3 is 7.05 Å². The summed E-state index contributed by atoms with van der Waals surface area (Å²) in [5, 5.41) is 12.8. The fraction of sp³-hybridized carbons (Fsp3) is 0.364. The molecule has 0 bridgehead atoms. The second-order valence-corrected chi connectivity index (χ2v) is 4.28. The van der Waals surface area contributed by atoms with Crippen molar-refractivity contribution >= 4 is 24.5 Å². The van der Waals surface area contributed by atoms with Gasteiger partial charge in [-0.2, -0.15) is 0 Å². The van der Waals surface area contributed by atoms with Gasteiger partial charge in [0.05, 0.1) is 6.34 Å². The molecule has 1 heterocycles. The first-order valence-corrected chi connectivity index (χ1v) is 5.26. The van der Waals surface area contributed by atoms with Gasteiger partial charge in [0, 0.05) is 11.2 Å². The van der Waals surface area contributed by atoms with Crippen molar-refractivity contribution in [3.63, 3.8) is 0 Å². The van der Waals surface area contributed by atoms with Crippen molar-refractivity contribution in [1.29, 1.82) is 0 Å². The van der Waals surface area contributed by atoms with Crippen molar-refractivity contribution in [1.82, 2.24) is 0 Å². The number of fused-ring (bicyclic) bond motifs is 1. The van der Waals surface area contributed by atoms with E-state index in [4.69, 9.17) is 0 Å². The number of anilines is 1. The van der Waals surface area contributed by atoms with Gasteiger partial charge in [-0.3, -0.25) is 4.90 Å². The maximum Gasteiger partial charge on any atom is 0.471 e. The third kappa shape index (κ3) is 2.05. The van der Waals surface area contributed by atoms with Crippen LogP contribution >= 0.6 is 0 Å². The van der Waals surface area contributed by atoms with Gasteiger partial charge in [0.2, 0.25) is 0 Å². The van der Waals surface area contributed by atoms with E-state index in [1.807, 2.05) is 12.1 Å². The normalized spacial score (nSPS) is 14.0. The van der Waals surface area contributed by atoms with Crippen LogP contribution in [0.15, 0.2) is 23.1 Å². The minimum atomic E-state index is -0.714. The van der Waals surface area contributed by atoms with Crippen molar-refractivity contribution in [2.45, 2.75) is 20.3 Å². The summed E-state index contributed by atoms with van der Waals surface area (Å²) in [5.74, 6) is 0.606. The monoisotopic (exact) mass is 202 g/mol. The summed E-state index contributed by atoms with van der Waals surface area (Å²) in [6.07, 6.45) is 2.58. The number of hydrogen-bond acceptors (Lipinski definition) is 3. The van der Waals surface area contributed by atoms with Crippen molar-refractivity contribution in [2.24, 2.45) is 10.8 Å². The quantitative estimate of drug-likeness (QED) is 0.703. The first-order chi connectivity index (χ1) is 7.18. The SMILES string of the molecule is CC(C)Cc1cccc2c1NC=NB2O. The van der Waals surface area contributed by atoms with Gasteiger partial charge in [0.1, 0.15) is 0 Å². The number of para-hydroxylation sites is 1. The third-order valence-electron chi connectivity index (χ3n) is 2.51. The largest absolute Gasteiger partial charge is 0.471 e. The molecule has 1 aromatic rings. The Labute approximate surface area is 90.4 Å². The maximum absolute atomic E-state index is 9.68. The molecule has 0 unspecified atom stereocenters. The average molecular weight is 202 g/mol. The van der Waals surface area contributed by atoms with Crippen LogP contribution in [0.3, 0.4) is 0 Å². The number of hydrogen-bond donors (Lipinski definition) is 2. The summed E-state index contributed by atoms with van der Waals surface area (Å²) in [4.78, 5) is 3.91. The Morgan fingerprint density at radius 2 is 2.27 bits per heavy atom. The van der Waals surface area contributed by atoms with Gasteiger partial charge in [0.25, 0.3) is 0 Å². The Balaban J connectivity index is 2.38. The molecule has 0 atom stereocenters. The van der Waals surface area contributed by atoms with E-state index in [2.05, 4.69) is 30.1 Å². The van der Waals surface area contributed by atoms with Gasteiger partial charge in [-0.1, -0.05) is 32.0 Å². The molecule has 0 fully saturated rings. The van der Waals surface area contributed by atoms with Gasteiger partial charge in [-0.25, -0.2) is 0 Å². The van der Waals surface area contributed by atoms with Crippen LogP contribution in [-0.4, -0.2) is 18.4 Å². The first kappa shape index (κ1) is 10.2. The summed E-state index contributed by atoms with van der Waals surface area (Å²) in [7, 11) is -0.714. The fourth-order valence-corrected chi connectivity index (χ4v) is 1.87. The fourth-order valence-electron chi connectivity index (χ4n) is 1.87. The van der Waals surface area contributed by atoms with Gasteiger partial charge in [0.15, 0.2) is 0 Å². The van der Waals surface area contributed by atoms with Crippen molar-refractivity contribution in [3.05, 3.63) is 23.8 Å². The van der Waals surface area contributed by atoms with E-state index in [-0.39, 0.29) is 0 Å². The first-order valence-electron chi connectivity index (χ1n) is 5.26. The van der Waals surface area contributed by atoms with Gasteiger partial charge in [-0.05, 0) is 17.9 Å². The molecule has 0 amide bonds. The Hall–Kier alpha value is -1.29. The lowest BCUT2D eigenvalue weighted by atomic mass is 9.72. The van der Waals surface area contributed by atoms with Crippen LogP contribution in [0.1, 0.15) is 19.4 Å². The summed E-state index contributed by atoms with van der Waals surface area (Å²) < 4.78 is 0. The highest BCUT2D eigenvalue weighted by Gasteiger charge is 2.22. The van der Waals surface area contributed by atoms with Crippen LogP contribution < -0.4 is 10.8 Å². The summed E-state index contributed by atoms with van der Waals surface area (Å²) in [6.45, 7) is 4.37. The molecule has 0 aliphatic carbocycles. The molecule has 0 saturated carbocycles. The molecular weight excluding hydrogens is 187 g/mol.